The molecule has 5 heavy (non-hydrogen) atoms. The van der Waals surface area contributed by atoms with Crippen LogP contribution in [0.2, 0.25) is 0 Å². The molecule has 0 aliphatic rings. The summed E-state index contributed by atoms with van der Waals surface area (Å²) in [6.07, 6.45) is 0. The van der Waals surface area contributed by atoms with Gasteiger partial charge in [0.15, 0.2) is 0 Å². The molecule has 0 radical (unpaired) electrons. The van der Waals surface area contributed by atoms with Crippen LogP contribution >= 0.6 is 0 Å². The fourth-order valence-corrected chi connectivity index (χ4v) is 0.236. The van der Waals surface area contributed by atoms with E-state index in [1.54, 1.807) is 0 Å². The fraction of sp³-hybridized carbons (Fsp3) is 0. The summed E-state index contributed by atoms with van der Waals surface area (Å²) in [5, 5.41) is 0. The molecule has 0 fully saturated rings. The van der Waals surface area contributed by atoms with Gasteiger partial charge in [-0.3, -0.25) is 0 Å². The van der Waals surface area contributed by atoms with Crippen molar-refractivity contribution in [3.05, 3.63) is 12.0 Å². The second kappa shape index (κ2) is 3.93. The van der Waals surface area contributed by atoms with Gasteiger partial charge in [0.1, 0.15) is 15.0 Å². The molecule has 0 aromatic heterocycles. The zero-order valence-corrected chi connectivity index (χ0v) is 3.86. The zero-order chi connectivity index (χ0) is 4.12. The van der Waals surface area contributed by atoms with Crippen molar-refractivity contribution in [1.29, 1.82) is 0 Å². The van der Waals surface area contributed by atoms with Crippen LogP contribution in [0.4, 0.5) is 0 Å². The second-order valence-electron chi connectivity index (χ2n) is 0.977. The SMILES string of the molecule is BB/C=C/B. The minimum atomic E-state index is 1.16. The maximum atomic E-state index is 2.12. The van der Waals surface area contributed by atoms with Crippen LogP contribution in [0, 0.1) is 0 Å². The molecule has 0 bridgehead atoms. The van der Waals surface area contributed by atoms with Crippen molar-refractivity contribution in [3.8, 4) is 0 Å². The molecule has 0 saturated carbocycles. The van der Waals surface area contributed by atoms with E-state index < -0.39 is 0 Å². The van der Waals surface area contributed by atoms with Crippen LogP contribution in [-0.4, -0.2) is 22.8 Å². The van der Waals surface area contributed by atoms with Crippen LogP contribution in [0.1, 0.15) is 0 Å². The molecular formula is C2H7B3. The largest absolute Gasteiger partial charge is 0.141 e. The zero-order valence-electron chi connectivity index (χ0n) is 3.86. The Balaban J connectivity index is 2.62. The van der Waals surface area contributed by atoms with Crippen molar-refractivity contribution >= 4 is 22.8 Å². The van der Waals surface area contributed by atoms with Gasteiger partial charge < -0.3 is 0 Å². The second-order valence-corrected chi connectivity index (χ2v) is 0.977. The third-order valence-electron chi connectivity index (χ3n) is 0.471. The normalized spacial score (nSPS) is 8.80. The van der Waals surface area contributed by atoms with Gasteiger partial charge in [0, 0.05) is 0 Å². The molecule has 0 atom stereocenters. The van der Waals surface area contributed by atoms with Crippen molar-refractivity contribution in [2.45, 2.75) is 0 Å². The Morgan fingerprint density at radius 3 is 2.20 bits per heavy atom. The Morgan fingerprint density at radius 2 is 2.20 bits per heavy atom. The van der Waals surface area contributed by atoms with E-state index in [0.717, 1.165) is 7.17 Å². The average Bonchev–Trinajstić information content (AvgIpc) is 1.41. The van der Waals surface area contributed by atoms with Crippen molar-refractivity contribution in [2.24, 2.45) is 0 Å². The lowest BCUT2D eigenvalue weighted by Gasteiger charge is -1.60. The third-order valence-corrected chi connectivity index (χ3v) is 0.471. The van der Waals surface area contributed by atoms with Gasteiger partial charge in [-0.2, -0.15) is 0 Å². The van der Waals surface area contributed by atoms with Gasteiger partial charge >= 0.3 is 0 Å². The van der Waals surface area contributed by atoms with Crippen LogP contribution in [0.25, 0.3) is 0 Å². The van der Waals surface area contributed by atoms with E-state index in [2.05, 4.69) is 19.7 Å². The van der Waals surface area contributed by atoms with Crippen molar-refractivity contribution in [2.75, 3.05) is 0 Å². The van der Waals surface area contributed by atoms with Crippen LogP contribution < -0.4 is 0 Å². The van der Waals surface area contributed by atoms with Crippen LogP contribution in [0.15, 0.2) is 12.0 Å². The maximum absolute atomic E-state index is 2.12. The Bertz CT molecular complexity index is 31.9. The smallest absolute Gasteiger partial charge is 0.128 e. The molecular weight excluding hydrogens is 56.5 g/mol. The Labute approximate surface area is 35.7 Å². The first-order valence-corrected chi connectivity index (χ1v) is 2.03. The van der Waals surface area contributed by atoms with Gasteiger partial charge in [-0.1, -0.05) is 0 Å². The highest BCUT2D eigenvalue weighted by Crippen LogP contribution is 1.51. The van der Waals surface area contributed by atoms with Gasteiger partial charge in [0.05, 0.1) is 7.74 Å². The maximum Gasteiger partial charge on any atom is 0.128 e. The van der Waals surface area contributed by atoms with Crippen LogP contribution in [0.5, 0.6) is 0 Å². The molecule has 0 amide bonds. The summed E-state index contributed by atoms with van der Waals surface area (Å²) in [6, 6.07) is 0. The van der Waals surface area contributed by atoms with Gasteiger partial charge in [0.25, 0.3) is 0 Å². The minimum Gasteiger partial charge on any atom is -0.141 e. The molecule has 0 aliphatic carbocycles. The highest BCUT2D eigenvalue weighted by molar-refractivity contribution is 6.92. The lowest BCUT2D eigenvalue weighted by molar-refractivity contribution is 2.48. The molecule has 24 valence electrons. The first kappa shape index (κ1) is 4.93. The Kier molecular flexibility index (Phi) is 3.88. The monoisotopic (exact) mass is 64.1 g/mol. The number of rotatable bonds is 1. The summed E-state index contributed by atoms with van der Waals surface area (Å²) >= 11 is 0. The van der Waals surface area contributed by atoms with E-state index in [1.165, 1.54) is 0 Å². The first-order chi connectivity index (χ1) is 2.41. The molecule has 0 nitrogen and oxygen atoms in total. The minimum absolute atomic E-state index is 1.16. The van der Waals surface area contributed by atoms with E-state index in [9.17, 15) is 0 Å². The molecule has 0 unspecified atom stereocenters. The van der Waals surface area contributed by atoms with Crippen molar-refractivity contribution in [3.63, 3.8) is 0 Å². The van der Waals surface area contributed by atoms with E-state index in [0.29, 0.717) is 0 Å². The molecule has 0 spiro atoms. The van der Waals surface area contributed by atoms with E-state index in [-0.39, 0.29) is 0 Å². The van der Waals surface area contributed by atoms with E-state index in [4.69, 9.17) is 0 Å². The standard InChI is InChI=1S/C2H7B3/c3-1-2-5-4/h1-2,5H,3-4H2/b2-1+. The predicted molar refractivity (Wildman–Crippen MR) is 33.4 cm³/mol. The fourth-order valence-electron chi connectivity index (χ4n) is 0.236. The number of hydrogen-bond donors (Lipinski definition) is 0. The van der Waals surface area contributed by atoms with Crippen molar-refractivity contribution in [1.82, 2.24) is 0 Å². The summed E-state index contributed by atoms with van der Waals surface area (Å²) < 4.78 is 0. The molecule has 0 N–H and O–H groups in total. The third kappa shape index (κ3) is 3.93. The topological polar surface area (TPSA) is 0 Å². The highest BCUT2D eigenvalue weighted by Gasteiger charge is 1.58. The summed E-state index contributed by atoms with van der Waals surface area (Å²) in [4.78, 5) is 0. The van der Waals surface area contributed by atoms with Gasteiger partial charge in [-0.05, 0) is 0 Å². The van der Waals surface area contributed by atoms with Gasteiger partial charge in [-0.15, -0.1) is 12.0 Å². The Hall–Kier alpha value is -0.0652. The molecule has 3 heteroatoms. The summed E-state index contributed by atoms with van der Waals surface area (Å²) in [5.41, 5.74) is 0. The van der Waals surface area contributed by atoms with Crippen LogP contribution in [0.3, 0.4) is 0 Å². The molecule has 0 saturated heterocycles. The van der Waals surface area contributed by atoms with Gasteiger partial charge in [0.2, 0.25) is 0 Å². The molecule has 0 heterocycles. The molecule has 0 aromatic rings. The first-order valence-electron chi connectivity index (χ1n) is 2.03. The summed E-state index contributed by atoms with van der Waals surface area (Å²) in [7, 11) is 5.32. The van der Waals surface area contributed by atoms with E-state index >= 15 is 0 Å². The predicted octanol–water partition coefficient (Wildman–Crippen LogP) is -1.92. The highest BCUT2D eigenvalue weighted by atomic mass is 13.2. The van der Waals surface area contributed by atoms with E-state index in [1.807, 2.05) is 7.85 Å². The average molecular weight is 63.5 g/mol. The van der Waals surface area contributed by atoms with Crippen LogP contribution in [-0.2, 0) is 0 Å². The molecule has 0 rings (SSSR count). The van der Waals surface area contributed by atoms with Crippen molar-refractivity contribution < 1.29 is 0 Å². The lowest BCUT2D eigenvalue weighted by Crippen LogP contribution is -1.77. The summed E-state index contributed by atoms with van der Waals surface area (Å²) in [6.45, 7) is 0. The molecule has 0 aliphatic heterocycles. The number of hydrogen-bond acceptors (Lipinski definition) is 0. The lowest BCUT2D eigenvalue weighted by atomic mass is 9.55. The molecule has 0 aromatic carbocycles. The van der Waals surface area contributed by atoms with Gasteiger partial charge in [-0.25, -0.2) is 0 Å². The Morgan fingerprint density at radius 1 is 1.60 bits per heavy atom. The quantitative estimate of drug-likeness (QED) is 0.311. The summed E-state index contributed by atoms with van der Waals surface area (Å²) in [5.74, 6) is 4.18.